The molecule has 26 heavy (non-hydrogen) atoms. The Morgan fingerprint density at radius 2 is 1.96 bits per heavy atom. The molecule has 0 unspecified atom stereocenters. The van der Waals surface area contributed by atoms with Crippen LogP contribution in [0.3, 0.4) is 0 Å². The normalized spacial score (nSPS) is 11.2. The van der Waals surface area contributed by atoms with Crippen molar-refractivity contribution in [1.82, 2.24) is 19.2 Å². The quantitative estimate of drug-likeness (QED) is 0.615. The summed E-state index contributed by atoms with van der Waals surface area (Å²) in [5, 5.41) is 13.7. The van der Waals surface area contributed by atoms with Crippen LogP contribution in [0.15, 0.2) is 55.1 Å². The van der Waals surface area contributed by atoms with Crippen LogP contribution in [-0.4, -0.2) is 30.2 Å². The highest BCUT2D eigenvalue weighted by atomic mass is 16.4. The molecule has 0 bridgehead atoms. The summed E-state index contributed by atoms with van der Waals surface area (Å²) in [6.45, 7) is 1.99. The molecule has 6 nitrogen and oxygen atoms in total. The lowest BCUT2D eigenvalue weighted by Crippen LogP contribution is -2.07. The minimum absolute atomic E-state index is 0.225. The number of rotatable bonds is 4. The number of aryl methyl sites for hydroxylation is 2. The maximum Gasteiger partial charge on any atom is 0.339 e. The largest absolute Gasteiger partial charge is 0.478 e. The summed E-state index contributed by atoms with van der Waals surface area (Å²) >= 11 is 0. The van der Waals surface area contributed by atoms with E-state index in [-0.39, 0.29) is 5.56 Å². The number of hydrogen-bond acceptors (Lipinski definition) is 3. The molecule has 6 heteroatoms. The molecule has 4 aromatic rings. The number of imidazole rings is 1. The first-order valence-electron chi connectivity index (χ1n) is 8.30. The lowest BCUT2D eigenvalue weighted by Gasteiger charge is -2.11. The number of carbonyl (C=O) groups is 1. The van der Waals surface area contributed by atoms with Crippen molar-refractivity contribution in [1.29, 1.82) is 0 Å². The van der Waals surface area contributed by atoms with E-state index in [0.717, 1.165) is 27.9 Å². The molecule has 0 fully saturated rings. The van der Waals surface area contributed by atoms with E-state index >= 15 is 0 Å². The van der Waals surface area contributed by atoms with Crippen LogP contribution in [0.1, 0.15) is 27.2 Å². The molecule has 0 aliphatic rings. The molecule has 0 atom stereocenters. The van der Waals surface area contributed by atoms with Crippen LogP contribution in [0, 0.1) is 6.92 Å². The highest BCUT2D eigenvalue weighted by Gasteiger charge is 2.15. The van der Waals surface area contributed by atoms with Crippen molar-refractivity contribution in [2.24, 2.45) is 7.05 Å². The predicted molar refractivity (Wildman–Crippen MR) is 98.3 cm³/mol. The second-order valence-corrected chi connectivity index (χ2v) is 6.37. The van der Waals surface area contributed by atoms with E-state index in [2.05, 4.69) is 34.3 Å². The first-order chi connectivity index (χ1) is 12.5. The fourth-order valence-corrected chi connectivity index (χ4v) is 3.21. The van der Waals surface area contributed by atoms with Crippen molar-refractivity contribution >= 4 is 11.6 Å². The van der Waals surface area contributed by atoms with Crippen LogP contribution in [0.25, 0.3) is 16.8 Å². The van der Waals surface area contributed by atoms with Crippen molar-refractivity contribution in [2.75, 3.05) is 0 Å². The van der Waals surface area contributed by atoms with Crippen molar-refractivity contribution in [3.8, 4) is 11.1 Å². The van der Waals surface area contributed by atoms with Crippen LogP contribution in [0.5, 0.6) is 0 Å². The van der Waals surface area contributed by atoms with Crippen molar-refractivity contribution < 1.29 is 9.90 Å². The number of pyridine rings is 1. The number of aromatic carboxylic acids is 1. The highest BCUT2D eigenvalue weighted by Crippen LogP contribution is 2.23. The van der Waals surface area contributed by atoms with Gasteiger partial charge in [0.1, 0.15) is 5.56 Å². The Hall–Kier alpha value is -3.41. The summed E-state index contributed by atoms with van der Waals surface area (Å²) in [7, 11) is 1.90. The van der Waals surface area contributed by atoms with Gasteiger partial charge < -0.3 is 9.51 Å². The molecule has 0 radical (unpaired) electrons. The number of nitrogens with zero attached hydrogens (tertiary/aromatic N) is 4. The Morgan fingerprint density at radius 1 is 1.19 bits per heavy atom. The highest BCUT2D eigenvalue weighted by molar-refractivity contribution is 5.94. The van der Waals surface area contributed by atoms with Gasteiger partial charge in [0, 0.05) is 36.9 Å². The van der Waals surface area contributed by atoms with Crippen molar-refractivity contribution in [3.63, 3.8) is 0 Å². The molecular formula is C20H18N4O2. The second kappa shape index (κ2) is 6.15. The van der Waals surface area contributed by atoms with Crippen LogP contribution in [0.2, 0.25) is 0 Å². The summed E-state index contributed by atoms with van der Waals surface area (Å²) in [6.07, 6.45) is 7.90. The standard InChI is InChI=1S/C20H18N4O2/c1-13-16(10-18(20(25)26)19-21-7-8-24(13)19)9-14-3-5-15(6-4-14)17-11-22-23(2)12-17/h3-8,10-12H,9H2,1-2H3,(H,25,26). The molecule has 1 aromatic carbocycles. The van der Waals surface area contributed by atoms with Gasteiger partial charge in [-0.2, -0.15) is 5.10 Å². The second-order valence-electron chi connectivity index (χ2n) is 6.37. The van der Waals surface area contributed by atoms with Gasteiger partial charge in [-0.1, -0.05) is 24.3 Å². The number of benzene rings is 1. The average molecular weight is 346 g/mol. The first kappa shape index (κ1) is 16.1. The lowest BCUT2D eigenvalue weighted by atomic mass is 9.99. The Kier molecular flexibility index (Phi) is 3.80. The summed E-state index contributed by atoms with van der Waals surface area (Å²) < 4.78 is 3.61. The maximum absolute atomic E-state index is 11.6. The van der Waals surface area contributed by atoms with Crippen LogP contribution < -0.4 is 0 Å². The Morgan fingerprint density at radius 3 is 2.62 bits per heavy atom. The van der Waals surface area contributed by atoms with Gasteiger partial charge in [-0.05, 0) is 36.1 Å². The fraction of sp³-hybridized carbons (Fsp3) is 0.150. The summed E-state index contributed by atoms with van der Waals surface area (Å²) in [5.74, 6) is -0.964. The topological polar surface area (TPSA) is 72.4 Å². The van der Waals surface area contributed by atoms with Gasteiger partial charge >= 0.3 is 5.97 Å². The molecule has 0 saturated carbocycles. The molecule has 1 N–H and O–H groups in total. The molecule has 130 valence electrons. The number of fused-ring (bicyclic) bond motifs is 1. The van der Waals surface area contributed by atoms with Crippen molar-refractivity contribution in [2.45, 2.75) is 13.3 Å². The monoisotopic (exact) mass is 346 g/mol. The third-order valence-electron chi connectivity index (χ3n) is 4.64. The molecule has 0 aliphatic heterocycles. The molecule has 0 saturated heterocycles. The van der Waals surface area contributed by atoms with E-state index in [0.29, 0.717) is 12.1 Å². The Bertz CT molecular complexity index is 1110. The van der Waals surface area contributed by atoms with Crippen LogP contribution >= 0.6 is 0 Å². The SMILES string of the molecule is Cc1c(Cc2ccc(-c3cnn(C)c3)cc2)cc(C(=O)O)c2nccn12. The zero-order chi connectivity index (χ0) is 18.3. The van der Waals surface area contributed by atoms with E-state index < -0.39 is 5.97 Å². The van der Waals surface area contributed by atoms with Gasteiger partial charge in [0.05, 0.1) is 6.20 Å². The van der Waals surface area contributed by atoms with Crippen LogP contribution in [-0.2, 0) is 13.5 Å². The molecule has 0 aliphatic carbocycles. The minimum atomic E-state index is -0.964. The van der Waals surface area contributed by atoms with Crippen LogP contribution in [0.4, 0.5) is 0 Å². The molecule has 0 spiro atoms. The van der Waals surface area contributed by atoms with E-state index in [1.54, 1.807) is 23.1 Å². The van der Waals surface area contributed by atoms with E-state index in [1.807, 2.05) is 30.8 Å². The Balaban J connectivity index is 1.69. The smallest absolute Gasteiger partial charge is 0.339 e. The molecule has 0 amide bonds. The third kappa shape index (κ3) is 2.75. The predicted octanol–water partition coefficient (Wildman–Crippen LogP) is 3.33. The fourth-order valence-electron chi connectivity index (χ4n) is 3.21. The summed E-state index contributed by atoms with van der Waals surface area (Å²) in [6, 6.07) is 10.0. The molecule has 3 aromatic heterocycles. The number of hydrogen-bond donors (Lipinski definition) is 1. The Labute approximate surface area is 150 Å². The zero-order valence-electron chi connectivity index (χ0n) is 14.5. The molecule has 3 heterocycles. The first-order valence-corrected chi connectivity index (χ1v) is 8.30. The number of aromatic nitrogens is 4. The molecule has 4 rings (SSSR count). The number of carboxylic acid groups (broad SMARTS) is 1. The summed E-state index contributed by atoms with van der Waals surface area (Å²) in [5.41, 5.74) is 5.98. The van der Waals surface area contributed by atoms with Gasteiger partial charge in [0.15, 0.2) is 5.65 Å². The zero-order valence-corrected chi connectivity index (χ0v) is 14.5. The van der Waals surface area contributed by atoms with Gasteiger partial charge in [0.25, 0.3) is 0 Å². The van der Waals surface area contributed by atoms with E-state index in [4.69, 9.17) is 0 Å². The molecular weight excluding hydrogens is 328 g/mol. The summed E-state index contributed by atoms with van der Waals surface area (Å²) in [4.78, 5) is 15.7. The average Bonchev–Trinajstić information content (AvgIpc) is 3.27. The van der Waals surface area contributed by atoms with Gasteiger partial charge in [-0.25, -0.2) is 9.78 Å². The number of carboxylic acids is 1. The van der Waals surface area contributed by atoms with Gasteiger partial charge in [-0.3, -0.25) is 4.68 Å². The van der Waals surface area contributed by atoms with Gasteiger partial charge in [-0.15, -0.1) is 0 Å². The van der Waals surface area contributed by atoms with Gasteiger partial charge in [0.2, 0.25) is 0 Å². The van der Waals surface area contributed by atoms with E-state index in [9.17, 15) is 9.90 Å². The minimum Gasteiger partial charge on any atom is -0.478 e. The van der Waals surface area contributed by atoms with Crippen molar-refractivity contribution in [3.05, 3.63) is 77.5 Å². The third-order valence-corrected chi connectivity index (χ3v) is 4.64. The lowest BCUT2D eigenvalue weighted by molar-refractivity contribution is 0.0698. The maximum atomic E-state index is 11.6. The van der Waals surface area contributed by atoms with E-state index in [1.165, 1.54) is 0 Å².